The van der Waals surface area contributed by atoms with Crippen LogP contribution in [0.2, 0.25) is 0 Å². The predicted octanol–water partition coefficient (Wildman–Crippen LogP) is 1.37. The van der Waals surface area contributed by atoms with Gasteiger partial charge in [0, 0.05) is 17.9 Å². The molecule has 2 heterocycles. The molecule has 1 fully saturated rings. The van der Waals surface area contributed by atoms with Crippen LogP contribution in [0.4, 0.5) is 0 Å². The second kappa shape index (κ2) is 3.94. The van der Waals surface area contributed by atoms with Gasteiger partial charge < -0.3 is 15.1 Å². The van der Waals surface area contributed by atoms with Crippen LogP contribution in [0.25, 0.3) is 0 Å². The molecular weight excluding hydrogens is 204 g/mol. The van der Waals surface area contributed by atoms with E-state index in [-0.39, 0.29) is 17.4 Å². The molecule has 1 unspecified atom stereocenters. The summed E-state index contributed by atoms with van der Waals surface area (Å²) in [5.74, 6) is 1.21. The number of amides is 1. The Bertz CT molecular complexity index is 370. The maximum Gasteiger partial charge on any atom is 0.223 e. The molecule has 1 aliphatic rings. The van der Waals surface area contributed by atoms with Gasteiger partial charge >= 0.3 is 0 Å². The summed E-state index contributed by atoms with van der Waals surface area (Å²) in [6.45, 7) is 5.22. The number of carbonyl (C=O) groups is 1. The van der Waals surface area contributed by atoms with Crippen LogP contribution in [-0.2, 0) is 11.3 Å². The van der Waals surface area contributed by atoms with Gasteiger partial charge in [0.05, 0.1) is 12.8 Å². The van der Waals surface area contributed by atoms with Crippen LogP contribution in [-0.4, -0.2) is 22.9 Å². The van der Waals surface area contributed by atoms with Crippen molar-refractivity contribution < 1.29 is 9.21 Å². The van der Waals surface area contributed by atoms with Gasteiger partial charge in [-0.1, -0.05) is 0 Å². The van der Waals surface area contributed by atoms with Crippen molar-refractivity contribution in [1.82, 2.24) is 4.90 Å². The average molecular weight is 222 g/mol. The van der Waals surface area contributed by atoms with Gasteiger partial charge in [-0.25, -0.2) is 0 Å². The molecule has 88 valence electrons. The first-order valence-corrected chi connectivity index (χ1v) is 5.58. The summed E-state index contributed by atoms with van der Waals surface area (Å²) < 4.78 is 5.28. The Morgan fingerprint density at radius 2 is 2.38 bits per heavy atom. The maximum atomic E-state index is 11.9. The third kappa shape index (κ3) is 1.73. The van der Waals surface area contributed by atoms with Crippen LogP contribution in [0.15, 0.2) is 22.8 Å². The molecule has 0 aliphatic carbocycles. The van der Waals surface area contributed by atoms with Crippen LogP contribution in [0.3, 0.4) is 0 Å². The first kappa shape index (κ1) is 11.2. The van der Waals surface area contributed by atoms with Crippen LogP contribution in [0.5, 0.6) is 0 Å². The maximum absolute atomic E-state index is 11.9. The first-order chi connectivity index (χ1) is 7.55. The Morgan fingerprint density at radius 1 is 1.62 bits per heavy atom. The number of hydrogen-bond donors (Lipinski definition) is 1. The monoisotopic (exact) mass is 222 g/mol. The van der Waals surface area contributed by atoms with Gasteiger partial charge in [-0.3, -0.25) is 4.79 Å². The normalized spacial score (nSPS) is 24.1. The molecule has 1 aromatic heterocycles. The largest absolute Gasteiger partial charge is 0.467 e. The lowest BCUT2D eigenvalue weighted by molar-refractivity contribution is -0.131. The molecule has 0 saturated carbocycles. The number of nitrogens with zero attached hydrogens (tertiary/aromatic N) is 1. The van der Waals surface area contributed by atoms with Crippen molar-refractivity contribution in [2.24, 2.45) is 11.7 Å². The molecule has 0 aromatic carbocycles. The van der Waals surface area contributed by atoms with Crippen molar-refractivity contribution in [1.29, 1.82) is 0 Å². The van der Waals surface area contributed by atoms with Crippen molar-refractivity contribution in [3.05, 3.63) is 24.2 Å². The van der Waals surface area contributed by atoms with E-state index in [0.29, 0.717) is 19.5 Å². The van der Waals surface area contributed by atoms with Crippen molar-refractivity contribution in [2.75, 3.05) is 6.54 Å². The zero-order valence-electron chi connectivity index (χ0n) is 9.77. The molecule has 4 nitrogen and oxygen atoms in total. The number of nitrogens with two attached hydrogens (primary N) is 1. The highest BCUT2D eigenvalue weighted by molar-refractivity contribution is 5.80. The fraction of sp³-hybridized carbons (Fsp3) is 0.583. The summed E-state index contributed by atoms with van der Waals surface area (Å²) in [6, 6.07) is 3.72. The molecule has 1 saturated heterocycles. The van der Waals surface area contributed by atoms with Gasteiger partial charge in [-0.2, -0.15) is 0 Å². The van der Waals surface area contributed by atoms with Crippen molar-refractivity contribution in [2.45, 2.75) is 32.4 Å². The zero-order chi connectivity index (χ0) is 11.8. The van der Waals surface area contributed by atoms with E-state index >= 15 is 0 Å². The van der Waals surface area contributed by atoms with Gasteiger partial charge in [-0.15, -0.1) is 0 Å². The lowest BCUT2D eigenvalue weighted by atomic mass is 9.88. The van der Waals surface area contributed by atoms with Crippen LogP contribution in [0, 0.1) is 5.92 Å². The Morgan fingerprint density at radius 3 is 2.88 bits per heavy atom. The smallest absolute Gasteiger partial charge is 0.223 e. The van der Waals surface area contributed by atoms with Gasteiger partial charge in [0.1, 0.15) is 5.76 Å². The van der Waals surface area contributed by atoms with E-state index in [4.69, 9.17) is 10.2 Å². The van der Waals surface area contributed by atoms with Gasteiger partial charge in [0.2, 0.25) is 5.91 Å². The van der Waals surface area contributed by atoms with Crippen LogP contribution >= 0.6 is 0 Å². The van der Waals surface area contributed by atoms with E-state index in [2.05, 4.69) is 13.8 Å². The lowest BCUT2D eigenvalue weighted by Gasteiger charge is -2.35. The summed E-state index contributed by atoms with van der Waals surface area (Å²) >= 11 is 0. The Kier molecular flexibility index (Phi) is 2.76. The van der Waals surface area contributed by atoms with E-state index in [1.807, 2.05) is 17.0 Å². The van der Waals surface area contributed by atoms with Gasteiger partial charge in [-0.05, 0) is 32.5 Å². The van der Waals surface area contributed by atoms with Gasteiger partial charge in [0.15, 0.2) is 0 Å². The van der Waals surface area contributed by atoms with Gasteiger partial charge in [0.25, 0.3) is 0 Å². The molecule has 1 atom stereocenters. The third-order valence-electron chi connectivity index (χ3n) is 3.60. The Hall–Kier alpha value is -1.29. The standard InChI is InChI=1S/C12H18N2O2/c1-12(2)9(7-13)6-11(15)14(12)8-10-4-3-5-16-10/h3-5,9H,6-8,13H2,1-2H3. The van der Waals surface area contributed by atoms with E-state index in [1.165, 1.54) is 0 Å². The second-order valence-corrected chi connectivity index (χ2v) is 4.85. The molecule has 1 aliphatic heterocycles. The quantitative estimate of drug-likeness (QED) is 0.840. The van der Waals surface area contributed by atoms with Crippen molar-refractivity contribution in [3.8, 4) is 0 Å². The number of hydrogen-bond acceptors (Lipinski definition) is 3. The highest BCUT2D eigenvalue weighted by atomic mass is 16.3. The molecular formula is C12H18N2O2. The highest BCUT2D eigenvalue weighted by Gasteiger charge is 2.45. The van der Waals surface area contributed by atoms with E-state index in [1.54, 1.807) is 6.26 Å². The summed E-state index contributed by atoms with van der Waals surface area (Å²) in [5, 5.41) is 0. The molecule has 0 radical (unpaired) electrons. The minimum Gasteiger partial charge on any atom is -0.467 e. The fourth-order valence-electron chi connectivity index (χ4n) is 2.33. The molecule has 0 spiro atoms. The molecule has 2 N–H and O–H groups in total. The number of likely N-dealkylation sites (tertiary alicyclic amines) is 1. The SMILES string of the molecule is CC1(C)C(CN)CC(=O)N1Cc1ccco1. The Balaban J connectivity index is 2.17. The summed E-state index contributed by atoms with van der Waals surface area (Å²) in [4.78, 5) is 13.8. The fourth-order valence-corrected chi connectivity index (χ4v) is 2.33. The molecule has 4 heteroatoms. The minimum atomic E-state index is -0.182. The third-order valence-corrected chi connectivity index (χ3v) is 3.60. The van der Waals surface area contributed by atoms with E-state index in [0.717, 1.165) is 5.76 Å². The van der Waals surface area contributed by atoms with E-state index < -0.39 is 0 Å². The Labute approximate surface area is 95.4 Å². The molecule has 1 amide bonds. The predicted molar refractivity (Wildman–Crippen MR) is 60.5 cm³/mol. The summed E-state index contributed by atoms with van der Waals surface area (Å²) in [6.07, 6.45) is 2.17. The molecule has 2 rings (SSSR count). The minimum absolute atomic E-state index is 0.164. The lowest BCUT2D eigenvalue weighted by Crippen LogP contribution is -2.45. The molecule has 16 heavy (non-hydrogen) atoms. The zero-order valence-corrected chi connectivity index (χ0v) is 9.77. The number of furan rings is 1. The topological polar surface area (TPSA) is 59.5 Å². The first-order valence-electron chi connectivity index (χ1n) is 5.58. The summed E-state index contributed by atoms with van der Waals surface area (Å²) in [5.41, 5.74) is 5.52. The van der Waals surface area contributed by atoms with Crippen LogP contribution in [0.1, 0.15) is 26.0 Å². The summed E-state index contributed by atoms with van der Waals surface area (Å²) in [7, 11) is 0. The van der Waals surface area contributed by atoms with Crippen LogP contribution < -0.4 is 5.73 Å². The van der Waals surface area contributed by atoms with E-state index in [9.17, 15) is 4.79 Å². The van der Waals surface area contributed by atoms with Crippen molar-refractivity contribution >= 4 is 5.91 Å². The molecule has 1 aromatic rings. The van der Waals surface area contributed by atoms with Crippen molar-refractivity contribution in [3.63, 3.8) is 0 Å². The second-order valence-electron chi connectivity index (χ2n) is 4.85. The highest BCUT2D eigenvalue weighted by Crippen LogP contribution is 2.35. The number of carbonyl (C=O) groups excluding carboxylic acids is 1. The number of rotatable bonds is 3. The molecule has 0 bridgehead atoms. The average Bonchev–Trinajstić information content (AvgIpc) is 2.80.